The third-order valence-corrected chi connectivity index (χ3v) is 5.44. The maximum Gasteiger partial charge on any atom is 0.136 e. The Bertz CT molecular complexity index is 314. The van der Waals surface area contributed by atoms with E-state index in [-0.39, 0.29) is 0 Å². The summed E-state index contributed by atoms with van der Waals surface area (Å²) in [4.78, 5) is 17.2. The highest BCUT2D eigenvalue weighted by atomic mass is 16.1. The van der Waals surface area contributed by atoms with E-state index in [2.05, 4.69) is 30.6 Å². The number of likely N-dealkylation sites (tertiary alicyclic amines) is 2. The molecule has 0 bridgehead atoms. The number of carbonyl (C=O) groups is 1. The summed E-state index contributed by atoms with van der Waals surface area (Å²) in [5, 5.41) is 0. The van der Waals surface area contributed by atoms with Crippen LogP contribution in [0.15, 0.2) is 0 Å². The lowest BCUT2D eigenvalue weighted by atomic mass is 9.89. The molecule has 2 aliphatic rings. The van der Waals surface area contributed by atoms with Crippen LogP contribution in [0, 0.1) is 11.8 Å². The van der Waals surface area contributed by atoms with Gasteiger partial charge in [-0.15, -0.1) is 0 Å². The van der Waals surface area contributed by atoms with Crippen LogP contribution in [0.4, 0.5) is 0 Å². The smallest absolute Gasteiger partial charge is 0.136 e. The van der Waals surface area contributed by atoms with Gasteiger partial charge in [0, 0.05) is 24.9 Å². The first kappa shape index (κ1) is 20.6. The molecule has 0 amide bonds. The van der Waals surface area contributed by atoms with Crippen molar-refractivity contribution < 1.29 is 4.79 Å². The third kappa shape index (κ3) is 6.93. The molecule has 0 unspecified atom stereocenters. The molecule has 0 radical (unpaired) electrons. The van der Waals surface area contributed by atoms with Crippen molar-refractivity contribution in [3.63, 3.8) is 0 Å². The zero-order chi connectivity index (χ0) is 17.2. The zero-order valence-corrected chi connectivity index (χ0v) is 16.3. The maximum absolute atomic E-state index is 12.0. The van der Waals surface area contributed by atoms with Gasteiger partial charge in [0.25, 0.3) is 0 Å². The summed E-state index contributed by atoms with van der Waals surface area (Å²) >= 11 is 0. The highest BCUT2D eigenvalue weighted by Crippen LogP contribution is 2.24. The largest absolute Gasteiger partial charge is 0.303 e. The highest BCUT2D eigenvalue weighted by molar-refractivity contribution is 5.81. The van der Waals surface area contributed by atoms with Crippen molar-refractivity contribution in [1.29, 1.82) is 0 Å². The second-order valence-corrected chi connectivity index (χ2v) is 7.36. The molecule has 0 aromatic carbocycles. The van der Waals surface area contributed by atoms with Crippen LogP contribution >= 0.6 is 0 Å². The molecule has 2 rings (SSSR count). The number of piperidine rings is 2. The summed E-state index contributed by atoms with van der Waals surface area (Å²) in [5.41, 5.74) is 0. The molecule has 0 aromatic heterocycles. The average molecular weight is 325 g/mol. The van der Waals surface area contributed by atoms with E-state index >= 15 is 0 Å². The fraction of sp³-hybridized carbons (Fsp3) is 0.950. The van der Waals surface area contributed by atoms with Gasteiger partial charge < -0.3 is 9.80 Å². The minimum atomic E-state index is 0.365. The van der Waals surface area contributed by atoms with E-state index in [0.29, 0.717) is 17.7 Å². The second kappa shape index (κ2) is 11.2. The number of Topliss-reactive ketones (excluding diaryl/α,β-unsaturated/α-hetero) is 1. The lowest BCUT2D eigenvalue weighted by molar-refractivity contribution is -0.124. The first-order valence-corrected chi connectivity index (χ1v) is 10.1. The molecule has 2 saturated heterocycles. The van der Waals surface area contributed by atoms with Crippen LogP contribution in [0.3, 0.4) is 0 Å². The molecule has 0 aromatic rings. The van der Waals surface area contributed by atoms with Crippen LogP contribution in [-0.4, -0.2) is 54.3 Å². The quantitative estimate of drug-likeness (QED) is 0.731. The summed E-state index contributed by atoms with van der Waals surface area (Å²) in [7, 11) is 0. The van der Waals surface area contributed by atoms with Crippen molar-refractivity contribution in [3.8, 4) is 0 Å². The third-order valence-electron chi connectivity index (χ3n) is 5.44. The number of carbonyl (C=O) groups excluding carboxylic acids is 1. The van der Waals surface area contributed by atoms with Crippen molar-refractivity contribution in [1.82, 2.24) is 9.80 Å². The molecule has 0 aliphatic carbocycles. The van der Waals surface area contributed by atoms with E-state index in [0.717, 1.165) is 44.7 Å². The Morgan fingerprint density at radius 3 is 2.04 bits per heavy atom. The van der Waals surface area contributed by atoms with Gasteiger partial charge in [0.2, 0.25) is 0 Å². The molecule has 0 saturated carbocycles. The SMILES string of the molecule is CC.CCCC(=O)C1CCN(CC2CCN(C(C)C)CC2)CC1. The van der Waals surface area contributed by atoms with Gasteiger partial charge in [0.1, 0.15) is 5.78 Å². The van der Waals surface area contributed by atoms with Gasteiger partial charge in [-0.3, -0.25) is 4.79 Å². The molecular formula is C20H40N2O. The number of ketones is 1. The minimum Gasteiger partial charge on any atom is -0.303 e. The molecule has 0 atom stereocenters. The first-order valence-electron chi connectivity index (χ1n) is 10.1. The molecule has 23 heavy (non-hydrogen) atoms. The predicted octanol–water partition coefficient (Wildman–Crippen LogP) is 4.21. The van der Waals surface area contributed by atoms with Crippen LogP contribution in [-0.2, 0) is 4.79 Å². The topological polar surface area (TPSA) is 23.6 Å². The van der Waals surface area contributed by atoms with E-state index in [9.17, 15) is 4.79 Å². The Balaban J connectivity index is 0.00000127. The first-order chi connectivity index (χ1) is 11.1. The Hall–Kier alpha value is -0.410. The van der Waals surface area contributed by atoms with Crippen LogP contribution in [0.25, 0.3) is 0 Å². The van der Waals surface area contributed by atoms with Crippen molar-refractivity contribution in [3.05, 3.63) is 0 Å². The van der Waals surface area contributed by atoms with Crippen LogP contribution < -0.4 is 0 Å². The van der Waals surface area contributed by atoms with E-state index in [1.807, 2.05) is 13.8 Å². The van der Waals surface area contributed by atoms with Crippen LogP contribution in [0.5, 0.6) is 0 Å². The molecule has 3 heteroatoms. The molecule has 0 N–H and O–H groups in total. The molecular weight excluding hydrogens is 284 g/mol. The maximum atomic E-state index is 12.0. The van der Waals surface area contributed by atoms with Crippen molar-refractivity contribution in [2.45, 2.75) is 79.2 Å². The van der Waals surface area contributed by atoms with E-state index in [1.54, 1.807) is 0 Å². The zero-order valence-electron chi connectivity index (χ0n) is 16.3. The Kier molecular flexibility index (Phi) is 10.0. The standard InChI is InChI=1S/C18H34N2O.C2H6/c1-4-5-18(21)17-8-10-19(11-9-17)14-16-6-12-20(13-7-16)15(2)3;1-2/h15-17H,4-14H2,1-3H3;1-2H3. The Morgan fingerprint density at radius 2 is 1.57 bits per heavy atom. The Morgan fingerprint density at radius 1 is 1.00 bits per heavy atom. The molecule has 0 spiro atoms. The van der Waals surface area contributed by atoms with Crippen LogP contribution in [0.1, 0.15) is 73.1 Å². The predicted molar refractivity (Wildman–Crippen MR) is 99.9 cm³/mol. The Labute approximate surface area is 144 Å². The normalized spacial score (nSPS) is 22.0. The van der Waals surface area contributed by atoms with Gasteiger partial charge in [-0.2, -0.15) is 0 Å². The van der Waals surface area contributed by atoms with E-state index < -0.39 is 0 Å². The van der Waals surface area contributed by atoms with Crippen LogP contribution in [0.2, 0.25) is 0 Å². The number of hydrogen-bond acceptors (Lipinski definition) is 3. The van der Waals surface area contributed by atoms with Crippen molar-refractivity contribution in [2.24, 2.45) is 11.8 Å². The number of nitrogens with zero attached hydrogens (tertiary/aromatic N) is 2. The fourth-order valence-corrected chi connectivity index (χ4v) is 3.91. The number of rotatable bonds is 6. The molecule has 2 fully saturated rings. The molecule has 2 heterocycles. The fourth-order valence-electron chi connectivity index (χ4n) is 3.91. The van der Waals surface area contributed by atoms with E-state index in [4.69, 9.17) is 0 Å². The van der Waals surface area contributed by atoms with Gasteiger partial charge >= 0.3 is 0 Å². The lowest BCUT2D eigenvalue weighted by Crippen LogP contribution is -2.43. The molecule has 3 nitrogen and oxygen atoms in total. The van der Waals surface area contributed by atoms with Crippen molar-refractivity contribution >= 4 is 5.78 Å². The highest BCUT2D eigenvalue weighted by Gasteiger charge is 2.27. The van der Waals surface area contributed by atoms with Gasteiger partial charge in [0.05, 0.1) is 0 Å². The van der Waals surface area contributed by atoms with Crippen molar-refractivity contribution in [2.75, 3.05) is 32.7 Å². The molecule has 2 aliphatic heterocycles. The molecule has 136 valence electrons. The lowest BCUT2D eigenvalue weighted by Gasteiger charge is -2.38. The summed E-state index contributed by atoms with van der Waals surface area (Å²) in [6, 6.07) is 0.700. The summed E-state index contributed by atoms with van der Waals surface area (Å²) in [6.45, 7) is 16.8. The minimum absolute atomic E-state index is 0.365. The van der Waals surface area contributed by atoms with Gasteiger partial charge in [0.15, 0.2) is 0 Å². The monoisotopic (exact) mass is 324 g/mol. The average Bonchev–Trinajstić information content (AvgIpc) is 2.58. The van der Waals surface area contributed by atoms with Gasteiger partial charge in [-0.25, -0.2) is 0 Å². The summed E-state index contributed by atoms with van der Waals surface area (Å²) < 4.78 is 0. The van der Waals surface area contributed by atoms with Gasteiger partial charge in [-0.05, 0) is 78.0 Å². The summed E-state index contributed by atoms with van der Waals surface area (Å²) in [6.07, 6.45) is 6.71. The van der Waals surface area contributed by atoms with E-state index in [1.165, 1.54) is 32.5 Å². The number of hydrogen-bond donors (Lipinski definition) is 0. The summed E-state index contributed by atoms with van der Waals surface area (Å²) in [5.74, 6) is 1.76. The van der Waals surface area contributed by atoms with Gasteiger partial charge in [-0.1, -0.05) is 20.8 Å². The second-order valence-electron chi connectivity index (χ2n) is 7.36.